The molecule has 76 valence electrons. The second kappa shape index (κ2) is 4.24. The molecule has 1 heterocycles. The van der Waals surface area contributed by atoms with E-state index >= 15 is 0 Å². The lowest BCUT2D eigenvalue weighted by molar-refractivity contribution is 0.624. The minimum absolute atomic E-state index is 0.189. The molecule has 1 aromatic heterocycles. The fraction of sp³-hybridized carbons (Fsp3) is 0. The van der Waals surface area contributed by atoms with E-state index in [1.165, 1.54) is 12.4 Å². The van der Waals surface area contributed by atoms with E-state index in [0.717, 1.165) is 0 Å². The quantitative estimate of drug-likeness (QED) is 0.799. The summed E-state index contributed by atoms with van der Waals surface area (Å²) in [5.74, 6) is -0.389. The summed E-state index contributed by atoms with van der Waals surface area (Å²) in [6, 6.07) is 4.94. The molecule has 0 atom stereocenters. The van der Waals surface area contributed by atoms with Crippen LogP contribution in [0.4, 0.5) is 4.39 Å². The molecule has 0 saturated heterocycles. The highest BCUT2D eigenvalue weighted by Crippen LogP contribution is 2.29. The zero-order chi connectivity index (χ0) is 10.8. The second-order valence-electron chi connectivity index (χ2n) is 2.80. The molecule has 5 heteroatoms. The zero-order valence-corrected chi connectivity index (χ0v) is 9.76. The number of nitrogens with zero attached hydrogens (tertiary/aromatic N) is 2. The largest absolute Gasteiger partial charge is 0.251 e. The number of rotatable bonds is 1. The van der Waals surface area contributed by atoms with Gasteiger partial charge >= 0.3 is 0 Å². The van der Waals surface area contributed by atoms with E-state index in [-0.39, 0.29) is 11.0 Å². The molecule has 1 aromatic carbocycles. The highest BCUT2D eigenvalue weighted by molar-refractivity contribution is 9.10. The molecule has 15 heavy (non-hydrogen) atoms. The van der Waals surface area contributed by atoms with Gasteiger partial charge in [-0.3, -0.25) is 4.98 Å². The summed E-state index contributed by atoms with van der Waals surface area (Å²) in [6.07, 6.45) is 2.93. The monoisotopic (exact) mass is 286 g/mol. The Morgan fingerprint density at radius 1 is 1.20 bits per heavy atom. The van der Waals surface area contributed by atoms with Gasteiger partial charge in [0.25, 0.3) is 0 Å². The van der Waals surface area contributed by atoms with E-state index in [1.807, 2.05) is 0 Å². The number of aromatic nitrogens is 2. The Morgan fingerprint density at radius 2 is 1.93 bits per heavy atom. The number of hydrogen-bond acceptors (Lipinski definition) is 2. The van der Waals surface area contributed by atoms with Gasteiger partial charge in [-0.1, -0.05) is 17.7 Å². The summed E-state index contributed by atoms with van der Waals surface area (Å²) >= 11 is 8.93. The van der Waals surface area contributed by atoms with E-state index in [1.54, 1.807) is 18.2 Å². The molecule has 2 nitrogen and oxygen atoms in total. The molecule has 0 spiro atoms. The molecule has 2 aromatic rings. The first kappa shape index (κ1) is 10.5. The molecular formula is C10H5BrClFN2. The van der Waals surface area contributed by atoms with Crippen LogP contribution in [0.15, 0.2) is 35.1 Å². The van der Waals surface area contributed by atoms with Crippen molar-refractivity contribution in [1.29, 1.82) is 0 Å². The van der Waals surface area contributed by atoms with Crippen LogP contribution in [0.5, 0.6) is 0 Å². The van der Waals surface area contributed by atoms with Crippen LogP contribution in [0.25, 0.3) is 11.3 Å². The van der Waals surface area contributed by atoms with Gasteiger partial charge in [0.1, 0.15) is 11.5 Å². The Hall–Kier alpha value is -1.00. The topological polar surface area (TPSA) is 25.8 Å². The molecule has 0 amide bonds. The zero-order valence-electron chi connectivity index (χ0n) is 7.42. The van der Waals surface area contributed by atoms with E-state index in [9.17, 15) is 4.39 Å². The molecule has 0 aliphatic heterocycles. The molecule has 0 aliphatic carbocycles. The number of hydrogen-bond donors (Lipinski definition) is 0. The molecule has 0 N–H and O–H groups in total. The lowest BCUT2D eigenvalue weighted by Crippen LogP contribution is -1.91. The van der Waals surface area contributed by atoms with Crippen LogP contribution in [0.3, 0.4) is 0 Å². The third-order valence-corrected chi connectivity index (χ3v) is 2.75. The van der Waals surface area contributed by atoms with E-state index < -0.39 is 0 Å². The van der Waals surface area contributed by atoms with Gasteiger partial charge in [0.15, 0.2) is 5.15 Å². The van der Waals surface area contributed by atoms with Crippen molar-refractivity contribution in [3.63, 3.8) is 0 Å². The van der Waals surface area contributed by atoms with Crippen LogP contribution in [0, 0.1) is 5.82 Å². The maximum absolute atomic E-state index is 13.7. The van der Waals surface area contributed by atoms with Gasteiger partial charge in [0.05, 0.1) is 4.47 Å². The highest BCUT2D eigenvalue weighted by Gasteiger charge is 2.12. The van der Waals surface area contributed by atoms with Gasteiger partial charge in [0.2, 0.25) is 0 Å². The third-order valence-electron chi connectivity index (χ3n) is 1.86. The molecule has 0 saturated carbocycles. The van der Waals surface area contributed by atoms with E-state index in [0.29, 0.717) is 15.7 Å². The first-order valence-electron chi connectivity index (χ1n) is 4.11. The van der Waals surface area contributed by atoms with Gasteiger partial charge < -0.3 is 0 Å². The molecule has 0 fully saturated rings. The van der Waals surface area contributed by atoms with Crippen LogP contribution < -0.4 is 0 Å². The predicted octanol–water partition coefficient (Wildman–Crippen LogP) is 3.70. The highest BCUT2D eigenvalue weighted by atomic mass is 79.9. The Kier molecular flexibility index (Phi) is 2.98. The lowest BCUT2D eigenvalue weighted by Gasteiger charge is -2.04. The first-order valence-corrected chi connectivity index (χ1v) is 5.28. The minimum atomic E-state index is -0.389. The second-order valence-corrected chi connectivity index (χ2v) is 4.01. The third kappa shape index (κ3) is 2.01. The van der Waals surface area contributed by atoms with Crippen LogP contribution in [0.1, 0.15) is 0 Å². The fourth-order valence-electron chi connectivity index (χ4n) is 1.19. The summed E-state index contributed by atoms with van der Waals surface area (Å²) < 4.78 is 14.1. The van der Waals surface area contributed by atoms with Crippen molar-refractivity contribution in [2.45, 2.75) is 0 Å². The maximum atomic E-state index is 13.7. The standard InChI is InChI=1S/C10H5BrClFN2/c11-7-3-1-2-6(8(7)13)9-10(12)15-5-4-14-9/h1-5H. The van der Waals surface area contributed by atoms with Crippen molar-refractivity contribution < 1.29 is 4.39 Å². The predicted molar refractivity (Wildman–Crippen MR) is 60.1 cm³/mol. The van der Waals surface area contributed by atoms with E-state index in [2.05, 4.69) is 25.9 Å². The van der Waals surface area contributed by atoms with Gasteiger partial charge in [-0.2, -0.15) is 0 Å². The normalized spacial score (nSPS) is 10.3. The first-order chi connectivity index (χ1) is 7.20. The van der Waals surface area contributed by atoms with Crippen molar-refractivity contribution >= 4 is 27.5 Å². The van der Waals surface area contributed by atoms with Crippen molar-refractivity contribution in [1.82, 2.24) is 9.97 Å². The fourth-order valence-corrected chi connectivity index (χ4v) is 1.76. The van der Waals surface area contributed by atoms with Crippen LogP contribution >= 0.6 is 27.5 Å². The van der Waals surface area contributed by atoms with Crippen LogP contribution in [-0.4, -0.2) is 9.97 Å². The van der Waals surface area contributed by atoms with Crippen molar-refractivity contribution in [2.75, 3.05) is 0 Å². The molecular weight excluding hydrogens is 282 g/mol. The van der Waals surface area contributed by atoms with Crippen LogP contribution in [-0.2, 0) is 0 Å². The van der Waals surface area contributed by atoms with Gasteiger partial charge in [-0.15, -0.1) is 0 Å². The Bertz CT molecular complexity index is 505. The maximum Gasteiger partial charge on any atom is 0.155 e. The summed E-state index contributed by atoms with van der Waals surface area (Å²) in [5.41, 5.74) is 0.681. The Morgan fingerprint density at radius 3 is 2.67 bits per heavy atom. The molecule has 0 radical (unpaired) electrons. The van der Waals surface area contributed by atoms with Gasteiger partial charge in [-0.25, -0.2) is 9.37 Å². The minimum Gasteiger partial charge on any atom is -0.251 e. The van der Waals surface area contributed by atoms with Crippen LogP contribution in [0.2, 0.25) is 5.15 Å². The summed E-state index contributed by atoms with van der Waals surface area (Å²) in [5, 5.41) is 0.189. The SMILES string of the molecule is Fc1c(Br)cccc1-c1nccnc1Cl. The number of halogens is 3. The van der Waals surface area contributed by atoms with Crippen molar-refractivity contribution in [2.24, 2.45) is 0 Å². The van der Waals surface area contributed by atoms with Gasteiger partial charge in [0, 0.05) is 18.0 Å². The Labute approximate surface area is 99.3 Å². The molecule has 0 bridgehead atoms. The molecule has 0 unspecified atom stereocenters. The van der Waals surface area contributed by atoms with Gasteiger partial charge in [-0.05, 0) is 28.1 Å². The van der Waals surface area contributed by atoms with Crippen molar-refractivity contribution in [3.8, 4) is 11.3 Å². The summed E-state index contributed by atoms with van der Waals surface area (Å²) in [4.78, 5) is 7.84. The average Bonchev–Trinajstić information content (AvgIpc) is 2.23. The lowest BCUT2D eigenvalue weighted by atomic mass is 10.1. The number of benzene rings is 1. The average molecular weight is 288 g/mol. The van der Waals surface area contributed by atoms with E-state index in [4.69, 9.17) is 11.6 Å². The molecule has 2 rings (SSSR count). The smallest absolute Gasteiger partial charge is 0.155 e. The summed E-state index contributed by atoms with van der Waals surface area (Å²) in [7, 11) is 0. The van der Waals surface area contributed by atoms with Crippen molar-refractivity contribution in [3.05, 3.63) is 46.0 Å². The summed E-state index contributed by atoms with van der Waals surface area (Å²) in [6.45, 7) is 0. The Balaban J connectivity index is 2.65. The molecule has 0 aliphatic rings.